The maximum absolute atomic E-state index is 12.1. The molecule has 1 heterocycles. The van der Waals surface area contributed by atoms with Crippen LogP contribution in [0.5, 0.6) is 0 Å². The van der Waals surface area contributed by atoms with Crippen LogP contribution in [0.15, 0.2) is 60.9 Å². The first-order valence-corrected chi connectivity index (χ1v) is 7.18. The van der Waals surface area contributed by atoms with Crippen LogP contribution < -0.4 is 5.32 Å². The van der Waals surface area contributed by atoms with E-state index in [1.165, 1.54) is 10.9 Å². The van der Waals surface area contributed by atoms with Gasteiger partial charge in [-0.2, -0.15) is 0 Å². The number of fused-ring (bicyclic) bond motifs is 1. The average molecular weight is 309 g/mol. The van der Waals surface area contributed by atoms with Crippen molar-refractivity contribution in [2.75, 3.05) is 6.61 Å². The van der Waals surface area contributed by atoms with Crippen LogP contribution in [0.2, 0.25) is 0 Å². The highest BCUT2D eigenvalue weighted by molar-refractivity contribution is 5.96. The zero-order chi connectivity index (χ0) is 16.1. The van der Waals surface area contributed by atoms with E-state index in [-0.39, 0.29) is 6.61 Å². The van der Waals surface area contributed by atoms with Gasteiger partial charge in [0.15, 0.2) is 0 Å². The fourth-order valence-corrected chi connectivity index (χ4v) is 2.21. The number of para-hydroxylation sites is 2. The maximum atomic E-state index is 12.1. The number of benzene rings is 2. The third kappa shape index (κ3) is 3.55. The van der Waals surface area contributed by atoms with Gasteiger partial charge in [0.25, 0.3) is 0 Å². The largest absolute Gasteiger partial charge is 0.449 e. The van der Waals surface area contributed by atoms with E-state index < -0.39 is 12.1 Å². The third-order valence-corrected chi connectivity index (χ3v) is 3.35. The van der Waals surface area contributed by atoms with Crippen LogP contribution in [0, 0.1) is 0 Å². The Hall–Kier alpha value is -3.15. The van der Waals surface area contributed by atoms with Crippen LogP contribution in [0.1, 0.15) is 5.56 Å². The highest BCUT2D eigenvalue weighted by Crippen LogP contribution is 2.11. The highest BCUT2D eigenvalue weighted by Gasteiger charge is 2.13. The molecule has 23 heavy (non-hydrogen) atoms. The second-order valence-corrected chi connectivity index (χ2v) is 4.90. The molecular formula is C17H15N3O3. The second-order valence-electron chi connectivity index (χ2n) is 4.90. The van der Waals surface area contributed by atoms with Crippen molar-refractivity contribution in [2.45, 2.75) is 6.42 Å². The number of carbonyl (C=O) groups is 2. The van der Waals surface area contributed by atoms with Crippen LogP contribution in [-0.2, 0) is 11.2 Å². The maximum Gasteiger partial charge on any atom is 0.415 e. The summed E-state index contributed by atoms with van der Waals surface area (Å²) >= 11 is 0. The van der Waals surface area contributed by atoms with Gasteiger partial charge in [-0.1, -0.05) is 42.5 Å². The number of carbonyl (C=O) groups excluding carboxylic acids is 2. The first kappa shape index (κ1) is 14.8. The third-order valence-electron chi connectivity index (χ3n) is 3.35. The molecular weight excluding hydrogens is 294 g/mol. The molecule has 0 unspecified atom stereocenters. The van der Waals surface area contributed by atoms with Crippen LogP contribution >= 0.6 is 0 Å². The Kier molecular flexibility index (Phi) is 4.33. The van der Waals surface area contributed by atoms with Crippen LogP contribution in [0.3, 0.4) is 0 Å². The van der Waals surface area contributed by atoms with Gasteiger partial charge in [0.05, 0.1) is 17.6 Å². The Morgan fingerprint density at radius 1 is 1.04 bits per heavy atom. The fraction of sp³-hybridized carbons (Fsp3) is 0.118. The number of hydrogen-bond donors (Lipinski definition) is 1. The summed E-state index contributed by atoms with van der Waals surface area (Å²) in [4.78, 5) is 27.9. The van der Waals surface area contributed by atoms with Crippen molar-refractivity contribution < 1.29 is 14.3 Å². The molecule has 0 radical (unpaired) electrons. The summed E-state index contributed by atoms with van der Waals surface area (Å²) in [6.07, 6.45) is 1.19. The van der Waals surface area contributed by atoms with Crippen molar-refractivity contribution in [3.05, 3.63) is 66.5 Å². The van der Waals surface area contributed by atoms with Crippen LogP contribution in [0.25, 0.3) is 11.0 Å². The smallest absolute Gasteiger partial charge is 0.415 e. The molecule has 0 atom stereocenters. The lowest BCUT2D eigenvalue weighted by molar-refractivity contribution is 0.148. The number of imidazole rings is 1. The molecule has 0 saturated heterocycles. The monoisotopic (exact) mass is 309 g/mol. The molecule has 3 aromatic rings. The van der Waals surface area contributed by atoms with Gasteiger partial charge >= 0.3 is 12.1 Å². The molecule has 0 aliphatic heterocycles. The Labute approximate surface area is 132 Å². The molecule has 0 bridgehead atoms. The Bertz CT molecular complexity index is 827. The summed E-state index contributed by atoms with van der Waals surface area (Å²) in [5.41, 5.74) is 2.37. The van der Waals surface area contributed by atoms with Gasteiger partial charge in [-0.3, -0.25) is 4.57 Å². The molecule has 6 nitrogen and oxygen atoms in total. The lowest BCUT2D eigenvalue weighted by Gasteiger charge is -2.07. The van der Waals surface area contributed by atoms with Crippen molar-refractivity contribution in [3.8, 4) is 0 Å². The van der Waals surface area contributed by atoms with Crippen LogP contribution in [-0.4, -0.2) is 28.3 Å². The molecule has 116 valence electrons. The second kappa shape index (κ2) is 6.74. The average Bonchev–Trinajstić information content (AvgIpc) is 3.00. The van der Waals surface area contributed by atoms with E-state index in [1.807, 2.05) is 36.4 Å². The summed E-state index contributed by atoms with van der Waals surface area (Å²) in [7, 11) is 0. The van der Waals surface area contributed by atoms with Crippen molar-refractivity contribution in [1.29, 1.82) is 0 Å². The highest BCUT2D eigenvalue weighted by atomic mass is 16.5. The van der Waals surface area contributed by atoms with E-state index in [0.29, 0.717) is 17.5 Å². The molecule has 0 spiro atoms. The van der Waals surface area contributed by atoms with Crippen molar-refractivity contribution in [2.24, 2.45) is 0 Å². The lowest BCUT2D eigenvalue weighted by Crippen LogP contribution is -2.34. The molecule has 6 heteroatoms. The van der Waals surface area contributed by atoms with Gasteiger partial charge in [-0.25, -0.2) is 19.9 Å². The van der Waals surface area contributed by atoms with Gasteiger partial charge < -0.3 is 4.74 Å². The molecule has 1 N–H and O–H groups in total. The molecule has 0 saturated carbocycles. The molecule has 2 amide bonds. The number of nitrogens with zero attached hydrogens (tertiary/aromatic N) is 2. The minimum absolute atomic E-state index is 0.202. The number of rotatable bonds is 3. The van der Waals surface area contributed by atoms with E-state index in [2.05, 4.69) is 10.3 Å². The topological polar surface area (TPSA) is 73.2 Å². The molecule has 0 aliphatic rings. The zero-order valence-corrected chi connectivity index (χ0v) is 12.3. The predicted octanol–water partition coefficient (Wildman–Crippen LogP) is 2.97. The molecule has 0 fully saturated rings. The van der Waals surface area contributed by atoms with Gasteiger partial charge in [-0.05, 0) is 17.7 Å². The Morgan fingerprint density at radius 3 is 2.61 bits per heavy atom. The van der Waals surface area contributed by atoms with E-state index in [0.717, 1.165) is 5.56 Å². The van der Waals surface area contributed by atoms with Crippen molar-refractivity contribution in [1.82, 2.24) is 14.9 Å². The summed E-state index contributed by atoms with van der Waals surface area (Å²) < 4.78 is 6.29. The van der Waals surface area contributed by atoms with Gasteiger partial charge in [0.1, 0.15) is 6.33 Å². The number of alkyl carbamates (subject to hydrolysis) is 1. The predicted molar refractivity (Wildman–Crippen MR) is 85.2 cm³/mol. The zero-order valence-electron chi connectivity index (χ0n) is 12.3. The van der Waals surface area contributed by atoms with Gasteiger partial charge in [-0.15, -0.1) is 0 Å². The Morgan fingerprint density at radius 2 is 1.78 bits per heavy atom. The Balaban J connectivity index is 1.54. The number of ether oxygens (including phenoxy) is 1. The van der Waals surface area contributed by atoms with Crippen molar-refractivity contribution in [3.63, 3.8) is 0 Å². The minimum atomic E-state index is -0.774. The lowest BCUT2D eigenvalue weighted by atomic mass is 10.2. The SMILES string of the molecule is O=C(NC(=O)n1cnc2ccccc21)OCCc1ccccc1. The summed E-state index contributed by atoms with van der Waals surface area (Å²) in [6.45, 7) is 0.202. The van der Waals surface area contributed by atoms with E-state index in [4.69, 9.17) is 4.74 Å². The number of nitrogens with one attached hydrogen (secondary N) is 1. The molecule has 1 aromatic heterocycles. The first-order chi connectivity index (χ1) is 11.2. The number of hydrogen-bond acceptors (Lipinski definition) is 4. The van der Waals surface area contributed by atoms with E-state index in [1.54, 1.807) is 18.2 Å². The molecule has 0 aliphatic carbocycles. The first-order valence-electron chi connectivity index (χ1n) is 7.18. The van der Waals surface area contributed by atoms with Crippen LogP contribution in [0.4, 0.5) is 9.59 Å². The minimum Gasteiger partial charge on any atom is -0.449 e. The number of aromatic nitrogens is 2. The van der Waals surface area contributed by atoms with Crippen molar-refractivity contribution >= 4 is 23.2 Å². The molecule has 3 rings (SSSR count). The normalized spacial score (nSPS) is 10.4. The van der Waals surface area contributed by atoms with Gasteiger partial charge in [0.2, 0.25) is 0 Å². The number of imide groups is 1. The van der Waals surface area contributed by atoms with E-state index >= 15 is 0 Å². The quantitative estimate of drug-likeness (QED) is 0.807. The molecule has 2 aromatic carbocycles. The standard InChI is InChI=1S/C17H15N3O3/c21-16(20-12-18-14-8-4-5-9-15(14)20)19-17(22)23-11-10-13-6-2-1-3-7-13/h1-9,12H,10-11H2,(H,19,21,22). The fourth-order valence-electron chi connectivity index (χ4n) is 2.21. The summed E-state index contributed by atoms with van der Waals surface area (Å²) in [5, 5.41) is 2.18. The number of amides is 2. The summed E-state index contributed by atoms with van der Waals surface area (Å²) in [5.74, 6) is 0. The summed E-state index contributed by atoms with van der Waals surface area (Å²) in [6, 6.07) is 16.2. The van der Waals surface area contributed by atoms with Gasteiger partial charge in [0, 0.05) is 6.42 Å². The van der Waals surface area contributed by atoms with E-state index in [9.17, 15) is 9.59 Å².